The maximum absolute atomic E-state index is 13.1. The van der Waals surface area contributed by atoms with Crippen LogP contribution in [-0.4, -0.2) is 27.5 Å². The highest BCUT2D eigenvalue weighted by Gasteiger charge is 2.21. The van der Waals surface area contributed by atoms with Crippen molar-refractivity contribution in [2.75, 3.05) is 11.9 Å². The van der Waals surface area contributed by atoms with Gasteiger partial charge in [-0.25, -0.2) is 4.39 Å². The van der Waals surface area contributed by atoms with Crippen molar-refractivity contribution >= 4 is 17.4 Å². The molecule has 0 saturated carbocycles. The van der Waals surface area contributed by atoms with E-state index < -0.39 is 0 Å². The Kier molecular flexibility index (Phi) is 6.24. The van der Waals surface area contributed by atoms with E-state index in [4.69, 9.17) is 4.74 Å². The monoisotopic (exact) mass is 398 g/mol. The van der Waals surface area contributed by atoms with Gasteiger partial charge in [-0.05, 0) is 42.7 Å². The van der Waals surface area contributed by atoms with E-state index >= 15 is 0 Å². The fourth-order valence-electron chi connectivity index (χ4n) is 3.20. The molecule has 3 aromatic rings. The van der Waals surface area contributed by atoms with Crippen LogP contribution in [-0.2, 0) is 23.6 Å². The lowest BCUT2D eigenvalue weighted by Crippen LogP contribution is -2.19. The number of ether oxygens (including phenoxy) is 1. The van der Waals surface area contributed by atoms with E-state index in [1.165, 1.54) is 17.7 Å². The number of halogens is 1. The van der Waals surface area contributed by atoms with Crippen LogP contribution in [0.5, 0.6) is 0 Å². The van der Waals surface area contributed by atoms with Crippen LogP contribution < -0.4 is 5.32 Å². The molecule has 146 valence electrons. The average molecular weight is 399 g/mol. The second-order valence-electron chi connectivity index (χ2n) is 6.78. The topological polar surface area (TPSA) is 52.0 Å². The Bertz CT molecular complexity index is 879. The molecule has 4 rings (SSSR count). The minimum absolute atomic E-state index is 0.205. The molecular formula is C21H23FN4OS. The minimum Gasteiger partial charge on any atom is -0.378 e. The van der Waals surface area contributed by atoms with Gasteiger partial charge in [0.25, 0.3) is 0 Å². The summed E-state index contributed by atoms with van der Waals surface area (Å²) in [6, 6.07) is 16.7. The molecule has 0 spiro atoms. The van der Waals surface area contributed by atoms with Crippen LogP contribution in [0.3, 0.4) is 0 Å². The summed E-state index contributed by atoms with van der Waals surface area (Å²) in [6.45, 7) is 2.10. The third kappa shape index (κ3) is 4.91. The zero-order chi connectivity index (χ0) is 19.2. The van der Waals surface area contributed by atoms with Crippen LogP contribution in [0.2, 0.25) is 0 Å². The number of benzene rings is 2. The van der Waals surface area contributed by atoms with E-state index in [0.29, 0.717) is 6.54 Å². The predicted octanol–water partition coefficient (Wildman–Crippen LogP) is 4.50. The van der Waals surface area contributed by atoms with Gasteiger partial charge in [-0.2, -0.15) is 0 Å². The summed E-state index contributed by atoms with van der Waals surface area (Å²) < 4.78 is 21.1. The number of rotatable bonds is 8. The molecule has 5 nitrogen and oxygen atoms in total. The largest absolute Gasteiger partial charge is 0.378 e. The zero-order valence-electron chi connectivity index (χ0n) is 15.6. The third-order valence-electron chi connectivity index (χ3n) is 4.71. The van der Waals surface area contributed by atoms with Gasteiger partial charge in [-0.15, -0.1) is 10.2 Å². The van der Waals surface area contributed by atoms with Crippen molar-refractivity contribution in [1.29, 1.82) is 0 Å². The molecule has 2 aromatic carbocycles. The lowest BCUT2D eigenvalue weighted by Gasteiger charge is -2.15. The first-order valence-corrected chi connectivity index (χ1v) is 10.5. The molecule has 1 unspecified atom stereocenters. The highest BCUT2D eigenvalue weighted by Crippen LogP contribution is 2.24. The molecule has 1 N–H and O–H groups in total. The van der Waals surface area contributed by atoms with Crippen molar-refractivity contribution in [3.05, 3.63) is 71.8 Å². The lowest BCUT2D eigenvalue weighted by molar-refractivity contribution is 0.0942. The quantitative estimate of drug-likeness (QED) is 0.566. The number of nitrogens with zero attached hydrogens (tertiary/aromatic N) is 3. The van der Waals surface area contributed by atoms with Crippen LogP contribution in [0.1, 0.15) is 24.2 Å². The third-order valence-corrected chi connectivity index (χ3v) is 5.75. The second kappa shape index (κ2) is 9.21. The van der Waals surface area contributed by atoms with Gasteiger partial charge in [-0.3, -0.25) is 0 Å². The van der Waals surface area contributed by atoms with Gasteiger partial charge in [0.05, 0.1) is 19.2 Å². The van der Waals surface area contributed by atoms with E-state index in [0.717, 1.165) is 48.4 Å². The van der Waals surface area contributed by atoms with Gasteiger partial charge in [0.15, 0.2) is 11.0 Å². The van der Waals surface area contributed by atoms with Crippen LogP contribution in [0.25, 0.3) is 0 Å². The molecule has 0 radical (unpaired) electrons. The van der Waals surface area contributed by atoms with E-state index in [2.05, 4.69) is 32.2 Å². The number of thioether (sulfide) groups is 1. The summed E-state index contributed by atoms with van der Waals surface area (Å²) in [5, 5.41) is 13.0. The van der Waals surface area contributed by atoms with Crippen molar-refractivity contribution in [3.8, 4) is 0 Å². The fraction of sp³-hybridized carbons (Fsp3) is 0.333. The summed E-state index contributed by atoms with van der Waals surface area (Å²) in [5.41, 5.74) is 2.11. The zero-order valence-corrected chi connectivity index (χ0v) is 16.4. The average Bonchev–Trinajstić information content (AvgIpc) is 3.37. The SMILES string of the molecule is Fc1ccc(NCc2nnc(SCc3ccccc3)n2CC2CCCO2)cc1. The van der Waals surface area contributed by atoms with Crippen molar-refractivity contribution in [3.63, 3.8) is 0 Å². The Morgan fingerprint density at radius 3 is 2.68 bits per heavy atom. The van der Waals surface area contributed by atoms with Crippen LogP contribution >= 0.6 is 11.8 Å². The first-order chi connectivity index (χ1) is 13.8. The summed E-state index contributed by atoms with van der Waals surface area (Å²) in [7, 11) is 0. The van der Waals surface area contributed by atoms with E-state index in [9.17, 15) is 4.39 Å². The summed E-state index contributed by atoms with van der Waals surface area (Å²) >= 11 is 1.68. The molecule has 1 fully saturated rings. The molecule has 0 amide bonds. The second-order valence-corrected chi connectivity index (χ2v) is 7.72. The highest BCUT2D eigenvalue weighted by molar-refractivity contribution is 7.98. The molecular weight excluding hydrogens is 375 g/mol. The molecule has 7 heteroatoms. The van der Waals surface area contributed by atoms with Crippen molar-refractivity contribution in [1.82, 2.24) is 14.8 Å². The van der Waals surface area contributed by atoms with E-state index in [1.54, 1.807) is 23.9 Å². The van der Waals surface area contributed by atoms with Crippen molar-refractivity contribution in [2.45, 2.75) is 42.9 Å². The van der Waals surface area contributed by atoms with Gasteiger partial charge in [0.1, 0.15) is 5.82 Å². The van der Waals surface area contributed by atoms with Crippen LogP contribution in [0.15, 0.2) is 59.8 Å². The Labute approximate surface area is 168 Å². The predicted molar refractivity (Wildman–Crippen MR) is 109 cm³/mol. The van der Waals surface area contributed by atoms with Gasteiger partial charge < -0.3 is 14.6 Å². The van der Waals surface area contributed by atoms with E-state index in [1.807, 2.05) is 18.2 Å². The molecule has 2 heterocycles. The molecule has 1 aliphatic rings. The molecule has 1 atom stereocenters. The maximum atomic E-state index is 13.1. The minimum atomic E-state index is -0.244. The van der Waals surface area contributed by atoms with Crippen molar-refractivity contribution < 1.29 is 9.13 Å². The summed E-state index contributed by atoms with van der Waals surface area (Å²) in [5.74, 6) is 1.46. The molecule has 0 bridgehead atoms. The Morgan fingerprint density at radius 2 is 1.93 bits per heavy atom. The van der Waals surface area contributed by atoms with Gasteiger partial charge >= 0.3 is 0 Å². The first kappa shape index (κ1) is 19.0. The van der Waals surface area contributed by atoms with Crippen LogP contribution in [0.4, 0.5) is 10.1 Å². The molecule has 1 aromatic heterocycles. The molecule has 1 saturated heterocycles. The number of aromatic nitrogens is 3. The van der Waals surface area contributed by atoms with E-state index in [-0.39, 0.29) is 11.9 Å². The Balaban J connectivity index is 1.47. The standard InChI is InChI=1S/C21H23FN4OS/c22-17-8-10-18(11-9-17)23-13-20-24-25-21(26(20)14-19-7-4-12-27-19)28-15-16-5-2-1-3-6-16/h1-3,5-6,8-11,19,23H,4,7,12-15H2. The van der Waals surface area contributed by atoms with Gasteiger partial charge in [0.2, 0.25) is 0 Å². The highest BCUT2D eigenvalue weighted by atomic mass is 32.2. The summed E-state index contributed by atoms with van der Waals surface area (Å²) in [6.07, 6.45) is 2.37. The fourth-order valence-corrected chi connectivity index (χ4v) is 4.13. The molecule has 1 aliphatic heterocycles. The number of nitrogens with one attached hydrogen (secondary N) is 1. The lowest BCUT2D eigenvalue weighted by atomic mass is 10.2. The van der Waals surface area contributed by atoms with Gasteiger partial charge in [0, 0.05) is 18.0 Å². The number of hydrogen-bond acceptors (Lipinski definition) is 5. The normalized spacial score (nSPS) is 16.4. The maximum Gasteiger partial charge on any atom is 0.191 e. The number of hydrogen-bond donors (Lipinski definition) is 1. The Hall–Kier alpha value is -2.38. The number of anilines is 1. The van der Waals surface area contributed by atoms with Crippen LogP contribution in [0, 0.1) is 5.82 Å². The molecule has 0 aliphatic carbocycles. The summed E-state index contributed by atoms with van der Waals surface area (Å²) in [4.78, 5) is 0. The van der Waals surface area contributed by atoms with Crippen molar-refractivity contribution in [2.24, 2.45) is 0 Å². The first-order valence-electron chi connectivity index (χ1n) is 9.48. The smallest absolute Gasteiger partial charge is 0.191 e. The Morgan fingerprint density at radius 1 is 1.11 bits per heavy atom. The van der Waals surface area contributed by atoms with Gasteiger partial charge in [-0.1, -0.05) is 42.1 Å². The molecule has 28 heavy (non-hydrogen) atoms.